The minimum absolute atomic E-state index is 0.00124. The normalized spacial score (nSPS) is 15.5. The summed E-state index contributed by atoms with van der Waals surface area (Å²) >= 11 is 0. The molecule has 2 aliphatic carbocycles. The number of alkyl carbamates (subject to hydrolysis) is 1. The van der Waals surface area contributed by atoms with E-state index in [0.29, 0.717) is 12.5 Å². The van der Waals surface area contributed by atoms with Crippen LogP contribution in [0.2, 0.25) is 0 Å². The van der Waals surface area contributed by atoms with Gasteiger partial charge in [-0.15, -0.1) is 0 Å². The quantitative estimate of drug-likeness (QED) is 0.339. The lowest BCUT2D eigenvalue weighted by molar-refractivity contribution is -0.139. The largest absolute Gasteiger partial charge is 0.480 e. The molecule has 0 saturated heterocycles. The molecule has 2 amide bonds. The molecule has 2 aliphatic rings. The van der Waals surface area contributed by atoms with Gasteiger partial charge in [0, 0.05) is 31.5 Å². The number of amides is 2. The van der Waals surface area contributed by atoms with Gasteiger partial charge in [-0.1, -0.05) is 79.9 Å². The highest BCUT2D eigenvalue weighted by molar-refractivity contribution is 5.91. The van der Waals surface area contributed by atoms with Gasteiger partial charge in [0.25, 0.3) is 0 Å². The predicted molar refractivity (Wildman–Crippen MR) is 154 cm³/mol. The Morgan fingerprint density at radius 2 is 1.50 bits per heavy atom. The van der Waals surface area contributed by atoms with Crippen LogP contribution in [0.4, 0.5) is 10.5 Å². The van der Waals surface area contributed by atoms with Gasteiger partial charge in [-0.05, 0) is 58.7 Å². The number of aliphatic carboxylic acids is 1. The van der Waals surface area contributed by atoms with Crippen LogP contribution < -0.4 is 10.2 Å². The average molecular weight is 541 g/mol. The van der Waals surface area contributed by atoms with E-state index in [2.05, 4.69) is 17.4 Å². The highest BCUT2D eigenvalue weighted by Gasteiger charge is 2.30. The van der Waals surface area contributed by atoms with E-state index < -0.39 is 18.1 Å². The van der Waals surface area contributed by atoms with Crippen LogP contribution in [0.3, 0.4) is 0 Å². The van der Waals surface area contributed by atoms with Gasteiger partial charge in [-0.3, -0.25) is 4.79 Å². The van der Waals surface area contributed by atoms with Gasteiger partial charge in [-0.25, -0.2) is 9.59 Å². The van der Waals surface area contributed by atoms with Crippen LogP contribution >= 0.6 is 0 Å². The number of benzene rings is 3. The highest BCUT2D eigenvalue weighted by atomic mass is 16.5. The smallest absolute Gasteiger partial charge is 0.407 e. The van der Waals surface area contributed by atoms with Crippen molar-refractivity contribution in [2.75, 3.05) is 18.1 Å². The first kappa shape index (κ1) is 27.4. The van der Waals surface area contributed by atoms with Crippen LogP contribution in [-0.2, 0) is 20.7 Å². The van der Waals surface area contributed by atoms with E-state index in [9.17, 15) is 19.5 Å². The molecule has 3 aromatic carbocycles. The fraction of sp³-hybridized carbons (Fsp3) is 0.364. The lowest BCUT2D eigenvalue weighted by Crippen LogP contribution is -2.43. The number of carboxylic acids is 1. The third-order valence-corrected chi connectivity index (χ3v) is 8.17. The van der Waals surface area contributed by atoms with E-state index >= 15 is 0 Å². The minimum Gasteiger partial charge on any atom is -0.480 e. The molecule has 7 nitrogen and oxygen atoms in total. The Morgan fingerprint density at radius 1 is 0.900 bits per heavy atom. The summed E-state index contributed by atoms with van der Waals surface area (Å²) in [7, 11) is 0. The molecule has 0 spiro atoms. The van der Waals surface area contributed by atoms with Gasteiger partial charge in [0.05, 0.1) is 0 Å². The first-order valence-corrected chi connectivity index (χ1v) is 14.1. The van der Waals surface area contributed by atoms with Crippen LogP contribution in [0.25, 0.3) is 11.1 Å². The monoisotopic (exact) mass is 540 g/mol. The molecule has 3 aromatic rings. The van der Waals surface area contributed by atoms with Crippen LogP contribution in [0.15, 0.2) is 72.8 Å². The van der Waals surface area contributed by atoms with Crippen molar-refractivity contribution in [2.24, 2.45) is 5.92 Å². The highest BCUT2D eigenvalue weighted by Crippen LogP contribution is 2.44. The summed E-state index contributed by atoms with van der Waals surface area (Å²) < 4.78 is 5.55. The van der Waals surface area contributed by atoms with Gasteiger partial charge in [-0.2, -0.15) is 0 Å². The van der Waals surface area contributed by atoms with Gasteiger partial charge >= 0.3 is 12.1 Å². The number of anilines is 1. The zero-order chi connectivity index (χ0) is 28.1. The molecule has 0 heterocycles. The molecule has 1 atom stereocenters. The number of carboxylic acid groups (broad SMARTS) is 1. The lowest BCUT2D eigenvalue weighted by atomic mass is 9.89. The molecule has 5 rings (SSSR count). The maximum absolute atomic E-state index is 12.7. The second-order valence-corrected chi connectivity index (χ2v) is 10.9. The van der Waals surface area contributed by atoms with Crippen molar-refractivity contribution in [1.82, 2.24) is 5.32 Å². The molecule has 0 unspecified atom stereocenters. The summed E-state index contributed by atoms with van der Waals surface area (Å²) in [5.74, 6) is -0.735. The Bertz CT molecular complexity index is 1320. The Morgan fingerprint density at radius 3 is 2.08 bits per heavy atom. The number of rotatable bonds is 9. The van der Waals surface area contributed by atoms with E-state index in [0.717, 1.165) is 46.3 Å². The van der Waals surface area contributed by atoms with Crippen LogP contribution in [0.5, 0.6) is 0 Å². The summed E-state index contributed by atoms with van der Waals surface area (Å²) in [5, 5.41) is 12.3. The number of ether oxygens (including phenoxy) is 1. The van der Waals surface area contributed by atoms with E-state index in [4.69, 9.17) is 4.74 Å². The molecular weight excluding hydrogens is 504 g/mol. The number of nitrogens with one attached hydrogen (secondary N) is 1. The fourth-order valence-corrected chi connectivity index (χ4v) is 6.07. The second kappa shape index (κ2) is 12.4. The number of hydrogen-bond acceptors (Lipinski definition) is 4. The predicted octanol–water partition coefficient (Wildman–Crippen LogP) is 6.15. The van der Waals surface area contributed by atoms with Gasteiger partial charge in [0.1, 0.15) is 12.6 Å². The fourth-order valence-electron chi connectivity index (χ4n) is 6.07. The average Bonchev–Trinajstić information content (AvgIpc) is 3.29. The number of nitrogens with zero attached hydrogens (tertiary/aromatic N) is 1. The van der Waals surface area contributed by atoms with Crippen LogP contribution in [0.1, 0.15) is 61.6 Å². The molecular formula is C33H36N2O5. The minimum atomic E-state index is -1.15. The Balaban J connectivity index is 1.19. The lowest BCUT2D eigenvalue weighted by Gasteiger charge is -2.29. The zero-order valence-corrected chi connectivity index (χ0v) is 22.8. The number of hydrogen-bond donors (Lipinski definition) is 2. The van der Waals surface area contributed by atoms with Crippen molar-refractivity contribution in [3.8, 4) is 11.1 Å². The van der Waals surface area contributed by atoms with Crippen molar-refractivity contribution in [3.05, 3.63) is 89.5 Å². The molecule has 208 valence electrons. The third kappa shape index (κ3) is 6.19. The maximum Gasteiger partial charge on any atom is 0.407 e. The Hall–Kier alpha value is -4.13. The van der Waals surface area contributed by atoms with Crippen molar-refractivity contribution >= 4 is 23.7 Å². The summed E-state index contributed by atoms with van der Waals surface area (Å²) in [4.78, 5) is 38.9. The topological polar surface area (TPSA) is 95.9 Å². The Kier molecular flexibility index (Phi) is 8.48. The first-order chi connectivity index (χ1) is 19.4. The van der Waals surface area contributed by atoms with Crippen molar-refractivity contribution in [3.63, 3.8) is 0 Å². The Labute approximate surface area is 235 Å². The number of carbonyl (C=O) groups excluding carboxylic acids is 2. The summed E-state index contributed by atoms with van der Waals surface area (Å²) in [6.45, 7) is 2.40. The van der Waals surface area contributed by atoms with Gasteiger partial charge in [0.15, 0.2) is 0 Å². The first-order valence-electron chi connectivity index (χ1n) is 14.1. The molecule has 1 saturated carbocycles. The van der Waals surface area contributed by atoms with Crippen LogP contribution in [0, 0.1) is 5.92 Å². The van der Waals surface area contributed by atoms with Crippen molar-refractivity contribution in [1.29, 1.82) is 0 Å². The summed E-state index contributed by atoms with van der Waals surface area (Å²) in [5.41, 5.74) is 5.99. The SMILES string of the molecule is CC(=O)N(CC1CCCCC1)c1ccc(C[C@H](NC(=O)OCC2c3ccccc3-c3ccccc32)C(=O)O)cc1. The van der Waals surface area contributed by atoms with Crippen molar-refractivity contribution < 1.29 is 24.2 Å². The van der Waals surface area contributed by atoms with Gasteiger partial charge in [0.2, 0.25) is 5.91 Å². The number of fused-ring (bicyclic) bond motifs is 3. The van der Waals surface area contributed by atoms with E-state index in [1.807, 2.05) is 65.6 Å². The van der Waals surface area contributed by atoms with Crippen molar-refractivity contribution in [2.45, 2.75) is 57.4 Å². The second-order valence-electron chi connectivity index (χ2n) is 10.9. The molecule has 0 aromatic heterocycles. The van der Waals surface area contributed by atoms with Crippen LogP contribution in [-0.4, -0.2) is 42.3 Å². The molecule has 40 heavy (non-hydrogen) atoms. The van der Waals surface area contributed by atoms with Gasteiger partial charge < -0.3 is 20.1 Å². The molecule has 0 bridgehead atoms. The summed E-state index contributed by atoms with van der Waals surface area (Å²) in [6, 6.07) is 22.3. The standard InChI is InChI=1S/C33H36N2O5/c1-22(36)35(20-24-9-3-2-4-10-24)25-17-15-23(16-18-25)19-31(32(37)38)34-33(39)40-21-30-28-13-7-5-11-26(28)27-12-6-8-14-29(27)30/h5-8,11-18,24,30-31H,2-4,9-10,19-21H2,1H3,(H,34,39)(H,37,38)/t31-/m0/s1. The van der Waals surface area contributed by atoms with E-state index in [1.165, 1.54) is 19.3 Å². The molecule has 2 N–H and O–H groups in total. The zero-order valence-electron chi connectivity index (χ0n) is 22.8. The molecule has 0 radical (unpaired) electrons. The number of carbonyl (C=O) groups is 3. The molecule has 7 heteroatoms. The van der Waals surface area contributed by atoms with E-state index in [-0.39, 0.29) is 24.9 Å². The maximum atomic E-state index is 12.7. The summed E-state index contributed by atoms with van der Waals surface area (Å²) in [6.07, 6.45) is 5.31. The molecule has 1 fully saturated rings. The third-order valence-electron chi connectivity index (χ3n) is 8.17. The molecule has 0 aliphatic heterocycles. The van der Waals surface area contributed by atoms with E-state index in [1.54, 1.807) is 6.92 Å².